The van der Waals surface area contributed by atoms with E-state index in [0.717, 1.165) is 41.8 Å². The molecule has 0 spiro atoms. The number of imidazole rings is 1. The predicted octanol–water partition coefficient (Wildman–Crippen LogP) is 6.52. The Balaban J connectivity index is 1.31. The molecule has 12 heteroatoms. The van der Waals surface area contributed by atoms with Gasteiger partial charge in [0.15, 0.2) is 5.82 Å². The summed E-state index contributed by atoms with van der Waals surface area (Å²) in [6, 6.07) is 19.8. The SMILES string of the molecule is O=C(c1ccc(C(F)(F)F)cc1)c1nc(-c2ccccc2)cn1CCCc1cccc([S+](=O)(O)NCC2(C(=O)O)CCC2)c1. The minimum atomic E-state index is -4.52. The van der Waals surface area contributed by atoms with Crippen LogP contribution in [0.5, 0.6) is 0 Å². The smallest absolute Gasteiger partial charge is 0.416 e. The maximum atomic E-state index is 13.4. The second kappa shape index (κ2) is 12.5. The number of aromatic nitrogens is 2. The van der Waals surface area contributed by atoms with Crippen molar-refractivity contribution in [2.24, 2.45) is 5.41 Å². The summed E-state index contributed by atoms with van der Waals surface area (Å²) in [6.07, 6.45) is -0.125. The molecule has 0 saturated heterocycles. The van der Waals surface area contributed by atoms with E-state index in [1.807, 2.05) is 30.3 Å². The van der Waals surface area contributed by atoms with Gasteiger partial charge in [-0.05, 0) is 53.7 Å². The Bertz CT molecular complexity index is 1700. The van der Waals surface area contributed by atoms with E-state index in [-0.39, 0.29) is 22.8 Å². The van der Waals surface area contributed by atoms with Crippen LogP contribution in [0.3, 0.4) is 0 Å². The zero-order valence-electron chi connectivity index (χ0n) is 23.6. The lowest BCUT2D eigenvalue weighted by Crippen LogP contribution is -2.48. The van der Waals surface area contributed by atoms with Crippen molar-refractivity contribution in [2.45, 2.75) is 49.7 Å². The van der Waals surface area contributed by atoms with Crippen LogP contribution in [-0.4, -0.2) is 37.5 Å². The molecule has 1 heterocycles. The van der Waals surface area contributed by atoms with Gasteiger partial charge in [0.05, 0.1) is 23.2 Å². The Morgan fingerprint density at radius 1 is 1.00 bits per heavy atom. The van der Waals surface area contributed by atoms with Crippen LogP contribution in [0.4, 0.5) is 13.2 Å². The van der Waals surface area contributed by atoms with Gasteiger partial charge in [-0.3, -0.25) is 9.59 Å². The van der Waals surface area contributed by atoms with Gasteiger partial charge in [-0.2, -0.15) is 17.7 Å². The first-order valence-corrected chi connectivity index (χ1v) is 15.6. The minimum Gasteiger partial charge on any atom is -0.481 e. The molecule has 0 amide bonds. The highest BCUT2D eigenvalue weighted by molar-refractivity contribution is 7.95. The standard InChI is InChI=1S/C32H30F3N3O5S/c33-32(34,35)25-14-12-24(13-15-25)28(39)29-37-27(23-9-2-1-3-10-23)20-38(29)18-5-8-22-7-4-11-26(19-22)44(42,43)36-21-31(30(40)41)16-6-17-31/h1-4,7,9-15,19-20H,5-6,8,16-18,21H2,(H2-,36,40,41,42,43)/p+1. The van der Waals surface area contributed by atoms with Crippen LogP contribution in [-0.2, 0) is 38.5 Å². The van der Waals surface area contributed by atoms with Crippen molar-refractivity contribution < 1.29 is 36.6 Å². The molecule has 0 radical (unpaired) electrons. The number of aryl methyl sites for hydroxylation is 2. The highest BCUT2D eigenvalue weighted by Gasteiger charge is 2.47. The molecular weight excluding hydrogens is 595 g/mol. The van der Waals surface area contributed by atoms with Crippen molar-refractivity contribution in [3.8, 4) is 11.3 Å². The number of carboxylic acid groups (broad SMARTS) is 1. The lowest BCUT2D eigenvalue weighted by molar-refractivity contribution is -0.153. The number of hydrogen-bond donors (Lipinski definition) is 3. The molecule has 5 rings (SSSR count). The van der Waals surface area contributed by atoms with Crippen LogP contribution in [0, 0.1) is 5.41 Å². The molecule has 0 aliphatic heterocycles. The van der Waals surface area contributed by atoms with Crippen molar-refractivity contribution in [1.29, 1.82) is 0 Å². The van der Waals surface area contributed by atoms with Crippen LogP contribution in [0.25, 0.3) is 11.3 Å². The maximum Gasteiger partial charge on any atom is 0.416 e. The van der Waals surface area contributed by atoms with Crippen LogP contribution in [0.2, 0.25) is 0 Å². The Labute approximate surface area is 253 Å². The molecule has 1 saturated carbocycles. The number of rotatable bonds is 12. The van der Waals surface area contributed by atoms with Crippen molar-refractivity contribution in [3.63, 3.8) is 0 Å². The number of nitrogens with one attached hydrogen (secondary N) is 1. The quantitative estimate of drug-likeness (QED) is 0.122. The minimum absolute atomic E-state index is 0.0777. The summed E-state index contributed by atoms with van der Waals surface area (Å²) in [7, 11) is -3.68. The number of carboxylic acids is 1. The molecule has 1 unspecified atom stereocenters. The van der Waals surface area contributed by atoms with E-state index >= 15 is 0 Å². The van der Waals surface area contributed by atoms with Crippen molar-refractivity contribution in [1.82, 2.24) is 14.3 Å². The number of alkyl halides is 3. The van der Waals surface area contributed by atoms with E-state index in [4.69, 9.17) is 0 Å². The molecule has 3 aromatic carbocycles. The first-order chi connectivity index (χ1) is 20.9. The number of ketones is 1. The third-order valence-corrected chi connectivity index (χ3v) is 9.41. The molecule has 8 nitrogen and oxygen atoms in total. The fourth-order valence-corrected chi connectivity index (χ4v) is 6.38. The summed E-state index contributed by atoms with van der Waals surface area (Å²) < 4.78 is 67.1. The van der Waals surface area contributed by atoms with Gasteiger partial charge in [0.25, 0.3) is 0 Å². The van der Waals surface area contributed by atoms with Gasteiger partial charge in [-0.1, -0.05) is 61.0 Å². The van der Waals surface area contributed by atoms with Gasteiger partial charge in [0.1, 0.15) is 0 Å². The monoisotopic (exact) mass is 626 g/mol. The number of hydrogen-bond acceptors (Lipinski definition) is 4. The molecular formula is C32H31F3N3O5S+. The Hall–Kier alpha value is -4.13. The molecule has 1 fully saturated rings. The second-order valence-corrected chi connectivity index (χ2v) is 12.8. The summed E-state index contributed by atoms with van der Waals surface area (Å²) in [6.45, 7) is 0.238. The average molecular weight is 627 g/mol. The third-order valence-electron chi connectivity index (χ3n) is 7.98. The fraction of sp³-hybridized carbons (Fsp3) is 0.281. The van der Waals surface area contributed by atoms with E-state index in [2.05, 4.69) is 9.71 Å². The molecule has 1 aliphatic carbocycles. The molecule has 44 heavy (non-hydrogen) atoms. The van der Waals surface area contributed by atoms with Crippen LogP contribution in [0.1, 0.15) is 53.0 Å². The van der Waals surface area contributed by atoms with Gasteiger partial charge < -0.3 is 9.67 Å². The highest BCUT2D eigenvalue weighted by atomic mass is 32.3. The Morgan fingerprint density at radius 2 is 1.70 bits per heavy atom. The maximum absolute atomic E-state index is 13.4. The zero-order chi connectivity index (χ0) is 31.5. The van der Waals surface area contributed by atoms with E-state index in [1.54, 1.807) is 29.0 Å². The lowest BCUT2D eigenvalue weighted by atomic mass is 9.69. The summed E-state index contributed by atoms with van der Waals surface area (Å²) in [4.78, 5) is 29.7. The molecule has 0 bridgehead atoms. The summed E-state index contributed by atoms with van der Waals surface area (Å²) >= 11 is 0. The number of carbonyl (C=O) groups excluding carboxylic acids is 1. The van der Waals surface area contributed by atoms with Gasteiger partial charge in [0.2, 0.25) is 10.7 Å². The van der Waals surface area contributed by atoms with Gasteiger partial charge in [0, 0.05) is 29.9 Å². The number of halogens is 3. The second-order valence-electron chi connectivity index (χ2n) is 11.0. The first-order valence-electron chi connectivity index (χ1n) is 14.1. The predicted molar refractivity (Wildman–Crippen MR) is 158 cm³/mol. The van der Waals surface area contributed by atoms with E-state index in [1.165, 1.54) is 6.07 Å². The lowest BCUT2D eigenvalue weighted by Gasteiger charge is -2.36. The number of nitrogens with zero attached hydrogens (tertiary/aromatic N) is 2. The van der Waals surface area contributed by atoms with Crippen molar-refractivity contribution in [2.75, 3.05) is 6.54 Å². The number of carbonyl (C=O) groups is 2. The van der Waals surface area contributed by atoms with Crippen molar-refractivity contribution >= 4 is 22.2 Å². The summed E-state index contributed by atoms with van der Waals surface area (Å²) in [5.41, 5.74) is 0.283. The number of aliphatic carboxylic acids is 1. The first kappa shape index (κ1) is 31.3. The molecule has 1 aromatic heterocycles. The van der Waals surface area contributed by atoms with Gasteiger partial charge >= 0.3 is 22.5 Å². The average Bonchev–Trinajstić information content (AvgIpc) is 3.40. The zero-order valence-corrected chi connectivity index (χ0v) is 24.4. The molecule has 230 valence electrons. The van der Waals surface area contributed by atoms with Gasteiger partial charge in [-0.15, -0.1) is 4.72 Å². The van der Waals surface area contributed by atoms with E-state index < -0.39 is 39.3 Å². The normalized spacial score (nSPS) is 15.7. The molecule has 3 N–H and O–H groups in total. The molecule has 4 aromatic rings. The summed E-state index contributed by atoms with van der Waals surface area (Å²) in [5.74, 6) is -1.41. The van der Waals surface area contributed by atoms with Crippen molar-refractivity contribution in [3.05, 3.63) is 108 Å². The summed E-state index contributed by atoms with van der Waals surface area (Å²) in [5, 5.41) is 9.53. The Morgan fingerprint density at radius 3 is 2.32 bits per heavy atom. The van der Waals surface area contributed by atoms with Crippen LogP contribution < -0.4 is 4.72 Å². The molecule has 1 atom stereocenters. The molecule has 1 aliphatic rings. The van der Waals surface area contributed by atoms with Gasteiger partial charge in [-0.25, -0.2) is 4.98 Å². The Kier molecular flexibility index (Phi) is 8.87. The number of benzene rings is 3. The topological polar surface area (TPSA) is 122 Å². The fourth-order valence-electron chi connectivity index (χ4n) is 5.17. The highest BCUT2D eigenvalue weighted by Crippen LogP contribution is 2.41. The largest absolute Gasteiger partial charge is 0.481 e. The van der Waals surface area contributed by atoms with E-state index in [0.29, 0.717) is 37.9 Å². The third kappa shape index (κ3) is 6.82. The van der Waals surface area contributed by atoms with Crippen LogP contribution in [0.15, 0.2) is 90.0 Å². The van der Waals surface area contributed by atoms with Crippen LogP contribution >= 0.6 is 0 Å². The van der Waals surface area contributed by atoms with E-state index in [9.17, 15) is 36.6 Å².